The van der Waals surface area contributed by atoms with Crippen molar-refractivity contribution in [3.63, 3.8) is 0 Å². The molecule has 1 fully saturated rings. The van der Waals surface area contributed by atoms with Gasteiger partial charge in [-0.25, -0.2) is 9.79 Å². The topological polar surface area (TPSA) is 79.2 Å². The molecule has 1 amide bonds. The number of likely N-dealkylation sites (N-methyl/N-ethyl adjacent to an activating group) is 1. The number of aromatic hydroxyl groups is 1. The van der Waals surface area contributed by atoms with Gasteiger partial charge in [0.15, 0.2) is 5.17 Å². The first kappa shape index (κ1) is 21.6. The van der Waals surface area contributed by atoms with E-state index in [9.17, 15) is 14.7 Å². The Kier molecular flexibility index (Phi) is 6.81. The average molecular weight is 540 g/mol. The van der Waals surface area contributed by atoms with Crippen molar-refractivity contribution in [2.24, 2.45) is 4.99 Å². The molecule has 1 N–H and O–H groups in total. The minimum atomic E-state index is -0.421. The second-order valence-electron chi connectivity index (χ2n) is 5.92. The number of methoxy groups -OCH3 is 1. The van der Waals surface area contributed by atoms with Crippen molar-refractivity contribution in [3.05, 3.63) is 61.4 Å². The zero-order chi connectivity index (χ0) is 21.1. The van der Waals surface area contributed by atoms with Gasteiger partial charge in [0.2, 0.25) is 0 Å². The van der Waals surface area contributed by atoms with E-state index in [-0.39, 0.29) is 11.7 Å². The van der Waals surface area contributed by atoms with Gasteiger partial charge in [-0.15, -0.1) is 0 Å². The number of benzene rings is 2. The lowest BCUT2D eigenvalue weighted by Crippen LogP contribution is -2.28. The van der Waals surface area contributed by atoms with Gasteiger partial charge in [0.1, 0.15) is 5.75 Å². The highest BCUT2D eigenvalue weighted by molar-refractivity contribution is 9.11. The summed E-state index contributed by atoms with van der Waals surface area (Å²) in [7, 11) is 1.33. The molecule has 0 atom stereocenters. The Morgan fingerprint density at radius 2 is 1.97 bits per heavy atom. The Morgan fingerprint density at radius 3 is 2.59 bits per heavy atom. The Labute approximate surface area is 188 Å². The molecule has 0 unspecified atom stereocenters. The first-order valence-electron chi connectivity index (χ1n) is 8.50. The van der Waals surface area contributed by atoms with Crippen LogP contribution in [0.4, 0.5) is 5.69 Å². The van der Waals surface area contributed by atoms with Crippen LogP contribution in [0.25, 0.3) is 6.08 Å². The number of phenolic OH excluding ortho intramolecular Hbond substituents is 1. The largest absolute Gasteiger partial charge is 0.506 e. The quantitative estimate of drug-likeness (QED) is 0.419. The number of carbonyl (C=O) groups excluding carboxylic acids is 2. The van der Waals surface area contributed by atoms with E-state index in [4.69, 9.17) is 0 Å². The molecule has 0 bridgehead atoms. The lowest BCUT2D eigenvalue weighted by molar-refractivity contribution is -0.122. The van der Waals surface area contributed by atoms with E-state index in [0.29, 0.717) is 37.9 Å². The average Bonchev–Trinajstić information content (AvgIpc) is 2.99. The predicted octanol–water partition coefficient (Wildman–Crippen LogP) is 5.33. The Bertz CT molecular complexity index is 1040. The van der Waals surface area contributed by atoms with Gasteiger partial charge in [0.05, 0.1) is 27.7 Å². The second-order valence-corrected chi connectivity index (χ2v) is 8.70. The molecule has 1 aliphatic rings. The fraction of sp³-hybridized carbons (Fsp3) is 0.150. The molecule has 1 saturated heterocycles. The molecule has 0 spiro atoms. The maximum atomic E-state index is 12.8. The van der Waals surface area contributed by atoms with Crippen molar-refractivity contribution < 1.29 is 19.4 Å². The van der Waals surface area contributed by atoms with Gasteiger partial charge in [0.25, 0.3) is 5.91 Å². The molecule has 29 heavy (non-hydrogen) atoms. The number of hydrogen-bond donors (Lipinski definition) is 1. The minimum absolute atomic E-state index is 0.0564. The number of thioether (sulfide) groups is 1. The van der Waals surface area contributed by atoms with Crippen LogP contribution in [0.2, 0.25) is 0 Å². The molecule has 0 radical (unpaired) electrons. The molecule has 9 heteroatoms. The normalized spacial score (nSPS) is 16.7. The van der Waals surface area contributed by atoms with Crippen LogP contribution in [-0.4, -0.2) is 40.7 Å². The highest BCUT2D eigenvalue weighted by atomic mass is 79.9. The van der Waals surface area contributed by atoms with Crippen LogP contribution in [-0.2, 0) is 9.53 Å². The summed E-state index contributed by atoms with van der Waals surface area (Å²) in [6.45, 7) is 2.32. The third kappa shape index (κ3) is 4.73. The summed E-state index contributed by atoms with van der Waals surface area (Å²) in [6, 6.07) is 10.1. The lowest BCUT2D eigenvalue weighted by atomic mass is 10.2. The number of halogens is 2. The van der Waals surface area contributed by atoms with E-state index in [1.54, 1.807) is 47.4 Å². The summed E-state index contributed by atoms with van der Waals surface area (Å²) in [6.07, 6.45) is 1.64. The maximum absolute atomic E-state index is 12.8. The smallest absolute Gasteiger partial charge is 0.337 e. The zero-order valence-electron chi connectivity index (χ0n) is 15.5. The predicted molar refractivity (Wildman–Crippen MR) is 121 cm³/mol. The van der Waals surface area contributed by atoms with Gasteiger partial charge in [-0.05, 0) is 77.1 Å². The number of ether oxygens (including phenoxy) is 1. The monoisotopic (exact) mass is 538 g/mol. The SMILES string of the molecule is CCN1C(=O)/C(=C\c2cc(Br)cc(Br)c2O)SC1=Nc1ccc(C(=O)OC)cc1. The van der Waals surface area contributed by atoms with Crippen LogP contribution in [0.1, 0.15) is 22.8 Å². The molecule has 2 aromatic rings. The number of amides is 1. The molecule has 6 nitrogen and oxygen atoms in total. The third-order valence-electron chi connectivity index (χ3n) is 4.06. The summed E-state index contributed by atoms with van der Waals surface area (Å²) in [5, 5.41) is 10.8. The van der Waals surface area contributed by atoms with E-state index in [1.165, 1.54) is 18.9 Å². The summed E-state index contributed by atoms with van der Waals surface area (Å²) in [5.74, 6) is -0.547. The van der Waals surface area contributed by atoms with Crippen LogP contribution in [0.15, 0.2) is 55.2 Å². The second kappa shape index (κ2) is 9.15. The van der Waals surface area contributed by atoms with Crippen molar-refractivity contribution in [1.82, 2.24) is 4.90 Å². The van der Waals surface area contributed by atoms with Gasteiger partial charge in [-0.2, -0.15) is 0 Å². The summed E-state index contributed by atoms with van der Waals surface area (Å²) >= 11 is 7.91. The lowest BCUT2D eigenvalue weighted by Gasteiger charge is -2.12. The molecule has 1 heterocycles. The Balaban J connectivity index is 1.93. The van der Waals surface area contributed by atoms with Crippen LogP contribution >= 0.6 is 43.6 Å². The number of carbonyl (C=O) groups is 2. The molecule has 0 aliphatic carbocycles. The van der Waals surface area contributed by atoms with Crippen LogP contribution in [0.5, 0.6) is 5.75 Å². The number of amidine groups is 1. The van der Waals surface area contributed by atoms with Crippen LogP contribution in [0.3, 0.4) is 0 Å². The van der Waals surface area contributed by atoms with Gasteiger partial charge < -0.3 is 9.84 Å². The van der Waals surface area contributed by atoms with Gasteiger partial charge >= 0.3 is 5.97 Å². The van der Waals surface area contributed by atoms with E-state index in [1.807, 2.05) is 6.92 Å². The van der Waals surface area contributed by atoms with E-state index in [2.05, 4.69) is 41.6 Å². The Morgan fingerprint density at radius 1 is 1.28 bits per heavy atom. The summed E-state index contributed by atoms with van der Waals surface area (Å²) in [4.78, 5) is 30.9. The van der Waals surface area contributed by atoms with Gasteiger partial charge in [-0.1, -0.05) is 15.9 Å². The van der Waals surface area contributed by atoms with Crippen molar-refractivity contribution in [3.8, 4) is 5.75 Å². The number of aliphatic imine (C=N–C) groups is 1. The highest BCUT2D eigenvalue weighted by Gasteiger charge is 2.32. The summed E-state index contributed by atoms with van der Waals surface area (Å²) < 4.78 is 5.99. The molecular weight excluding hydrogens is 524 g/mol. The molecule has 1 aliphatic heterocycles. The fourth-order valence-electron chi connectivity index (χ4n) is 2.61. The number of nitrogens with zero attached hydrogens (tertiary/aromatic N) is 2. The van der Waals surface area contributed by atoms with Gasteiger partial charge in [0, 0.05) is 16.6 Å². The van der Waals surface area contributed by atoms with E-state index in [0.717, 1.165) is 4.47 Å². The molecule has 2 aromatic carbocycles. The van der Waals surface area contributed by atoms with E-state index >= 15 is 0 Å². The summed E-state index contributed by atoms with van der Waals surface area (Å²) in [5.41, 5.74) is 1.55. The van der Waals surface area contributed by atoms with Crippen molar-refractivity contribution in [1.29, 1.82) is 0 Å². The number of hydrogen-bond acceptors (Lipinski definition) is 6. The highest BCUT2D eigenvalue weighted by Crippen LogP contribution is 2.38. The number of phenols is 1. The first-order valence-corrected chi connectivity index (χ1v) is 10.9. The minimum Gasteiger partial charge on any atom is -0.506 e. The van der Waals surface area contributed by atoms with Crippen molar-refractivity contribution in [2.75, 3.05) is 13.7 Å². The zero-order valence-corrected chi connectivity index (χ0v) is 19.5. The van der Waals surface area contributed by atoms with E-state index < -0.39 is 5.97 Å². The molecule has 3 rings (SSSR count). The maximum Gasteiger partial charge on any atom is 0.337 e. The van der Waals surface area contributed by atoms with Crippen LogP contribution in [0, 0.1) is 0 Å². The molecular formula is C20H16Br2N2O4S. The van der Waals surface area contributed by atoms with Crippen molar-refractivity contribution >= 4 is 72.4 Å². The molecule has 0 aromatic heterocycles. The molecule has 150 valence electrons. The first-order chi connectivity index (χ1) is 13.8. The Hall–Kier alpha value is -2.10. The number of esters is 1. The van der Waals surface area contributed by atoms with Crippen molar-refractivity contribution in [2.45, 2.75) is 6.92 Å². The van der Waals surface area contributed by atoms with Crippen LogP contribution < -0.4 is 0 Å². The van der Waals surface area contributed by atoms with Gasteiger partial charge in [-0.3, -0.25) is 9.69 Å². The molecule has 0 saturated carbocycles. The fourth-order valence-corrected chi connectivity index (χ4v) is 4.92. The standard InChI is InChI=1S/C20H16Br2N2O4S/c1-3-24-18(26)16(9-12-8-13(21)10-15(22)17(12)25)29-20(24)23-14-6-4-11(5-7-14)19(27)28-2/h4-10,25H,3H2,1-2H3/b16-9+,23-20?. The number of rotatable bonds is 4. The third-order valence-corrected chi connectivity index (χ3v) is 6.13.